The molecule has 94 valence electrons. The zero-order valence-electron chi connectivity index (χ0n) is 9.19. The number of methoxy groups -OCH3 is 1. The molecule has 0 aliphatic heterocycles. The molecule has 0 spiro atoms. The molecule has 0 unspecified atom stereocenters. The Morgan fingerprint density at radius 3 is 2.41 bits per heavy atom. The van der Waals surface area contributed by atoms with Crippen molar-refractivity contribution in [2.45, 2.75) is 19.5 Å². The van der Waals surface area contributed by atoms with Gasteiger partial charge < -0.3 is 4.74 Å². The minimum atomic E-state index is -4.44. The summed E-state index contributed by atoms with van der Waals surface area (Å²) in [5, 5.41) is 0. The van der Waals surface area contributed by atoms with Crippen molar-refractivity contribution in [3.05, 3.63) is 27.7 Å². The van der Waals surface area contributed by atoms with Crippen molar-refractivity contribution < 1.29 is 22.7 Å². The minimum Gasteiger partial charge on any atom is -0.495 e. The molecule has 0 saturated carbocycles. The molecule has 0 heterocycles. The number of ketones is 1. The van der Waals surface area contributed by atoms with E-state index in [2.05, 4.69) is 15.9 Å². The molecule has 0 fully saturated rings. The SMILES string of the molecule is COc1c(Br)cc(C(F)(F)F)cc1CC(C)=O. The van der Waals surface area contributed by atoms with Crippen LogP contribution in [0.1, 0.15) is 18.1 Å². The van der Waals surface area contributed by atoms with Crippen LogP contribution in [-0.2, 0) is 17.4 Å². The standard InChI is InChI=1S/C11H10BrF3O2/c1-6(16)3-7-4-8(11(13,14)15)5-9(12)10(7)17-2/h4-5H,3H2,1-2H3. The number of Topliss-reactive ketones (excluding diaryl/α,β-unsaturated/α-hetero) is 1. The smallest absolute Gasteiger partial charge is 0.416 e. The Bertz CT molecular complexity index is 441. The third-order valence-corrected chi connectivity index (χ3v) is 2.68. The summed E-state index contributed by atoms with van der Waals surface area (Å²) in [5.74, 6) is 0.0303. The van der Waals surface area contributed by atoms with Gasteiger partial charge in [-0.2, -0.15) is 13.2 Å². The lowest BCUT2D eigenvalue weighted by Gasteiger charge is -2.14. The maximum absolute atomic E-state index is 12.6. The lowest BCUT2D eigenvalue weighted by molar-refractivity contribution is -0.137. The number of benzene rings is 1. The fraction of sp³-hybridized carbons (Fsp3) is 0.364. The van der Waals surface area contributed by atoms with E-state index in [1.807, 2.05) is 0 Å². The predicted octanol–water partition coefficient (Wildman–Crippen LogP) is 3.61. The summed E-state index contributed by atoms with van der Waals surface area (Å²) in [6.07, 6.45) is -4.54. The topological polar surface area (TPSA) is 26.3 Å². The number of hydrogen-bond donors (Lipinski definition) is 0. The summed E-state index contributed by atoms with van der Waals surface area (Å²) in [7, 11) is 1.34. The summed E-state index contributed by atoms with van der Waals surface area (Å²) < 4.78 is 42.9. The molecular formula is C11H10BrF3O2. The monoisotopic (exact) mass is 310 g/mol. The summed E-state index contributed by atoms with van der Waals surface area (Å²) in [4.78, 5) is 11.0. The first-order chi connectivity index (χ1) is 7.75. The molecule has 0 aliphatic carbocycles. The molecular weight excluding hydrogens is 301 g/mol. The fourth-order valence-corrected chi connectivity index (χ4v) is 2.11. The lowest BCUT2D eigenvalue weighted by atomic mass is 10.0. The third kappa shape index (κ3) is 3.46. The molecule has 0 amide bonds. The zero-order valence-corrected chi connectivity index (χ0v) is 10.8. The molecule has 0 aromatic heterocycles. The van der Waals surface area contributed by atoms with Crippen LogP contribution < -0.4 is 4.74 Å². The first-order valence-corrected chi connectivity index (χ1v) is 5.48. The number of hydrogen-bond acceptors (Lipinski definition) is 2. The van der Waals surface area contributed by atoms with Crippen LogP contribution in [0, 0.1) is 0 Å². The Kier molecular flexibility index (Phi) is 4.19. The molecule has 1 rings (SSSR count). The molecule has 17 heavy (non-hydrogen) atoms. The quantitative estimate of drug-likeness (QED) is 0.852. The van der Waals surface area contributed by atoms with Gasteiger partial charge in [-0.05, 0) is 35.0 Å². The fourth-order valence-electron chi connectivity index (χ4n) is 1.44. The molecule has 1 aromatic carbocycles. The van der Waals surface area contributed by atoms with Gasteiger partial charge in [0.25, 0.3) is 0 Å². The molecule has 1 aromatic rings. The first-order valence-electron chi connectivity index (χ1n) is 4.68. The van der Waals surface area contributed by atoms with Crippen LogP contribution in [0.5, 0.6) is 5.75 Å². The number of halogens is 4. The average molecular weight is 311 g/mol. The van der Waals surface area contributed by atoms with Gasteiger partial charge in [0.2, 0.25) is 0 Å². The van der Waals surface area contributed by atoms with E-state index in [0.717, 1.165) is 12.1 Å². The second-order valence-electron chi connectivity index (χ2n) is 3.53. The van der Waals surface area contributed by atoms with Crippen molar-refractivity contribution in [2.75, 3.05) is 7.11 Å². The van der Waals surface area contributed by atoms with Crippen LogP contribution in [0.2, 0.25) is 0 Å². The molecule has 6 heteroatoms. The highest BCUT2D eigenvalue weighted by Gasteiger charge is 2.32. The normalized spacial score (nSPS) is 11.4. The maximum Gasteiger partial charge on any atom is 0.416 e. The third-order valence-electron chi connectivity index (χ3n) is 2.09. The minimum absolute atomic E-state index is 0.0916. The van der Waals surface area contributed by atoms with Crippen LogP contribution >= 0.6 is 15.9 Å². The highest BCUT2D eigenvalue weighted by atomic mass is 79.9. The summed E-state index contributed by atoms with van der Waals surface area (Å²) in [6.45, 7) is 1.31. The van der Waals surface area contributed by atoms with Crippen molar-refractivity contribution in [2.24, 2.45) is 0 Å². The van der Waals surface area contributed by atoms with Gasteiger partial charge in [0.15, 0.2) is 0 Å². The number of carbonyl (C=O) groups excluding carboxylic acids is 1. The molecule has 0 saturated heterocycles. The second-order valence-corrected chi connectivity index (χ2v) is 4.38. The van der Waals surface area contributed by atoms with Gasteiger partial charge in [-0.1, -0.05) is 0 Å². The van der Waals surface area contributed by atoms with E-state index < -0.39 is 11.7 Å². The summed E-state index contributed by atoms with van der Waals surface area (Å²) in [6, 6.07) is 1.87. The Morgan fingerprint density at radius 1 is 1.41 bits per heavy atom. The van der Waals surface area contributed by atoms with E-state index in [1.165, 1.54) is 14.0 Å². The van der Waals surface area contributed by atoms with Crippen molar-refractivity contribution in [1.29, 1.82) is 0 Å². The van der Waals surface area contributed by atoms with Crippen LogP contribution in [0.15, 0.2) is 16.6 Å². The number of rotatable bonds is 3. The number of ether oxygens (including phenoxy) is 1. The molecule has 0 atom stereocenters. The van der Waals surface area contributed by atoms with E-state index in [1.54, 1.807) is 0 Å². The average Bonchev–Trinajstić information content (AvgIpc) is 2.14. The van der Waals surface area contributed by atoms with E-state index in [-0.39, 0.29) is 28.0 Å². The van der Waals surface area contributed by atoms with Crippen molar-refractivity contribution in [3.8, 4) is 5.75 Å². The van der Waals surface area contributed by atoms with Crippen LogP contribution in [0.4, 0.5) is 13.2 Å². The van der Waals surface area contributed by atoms with Gasteiger partial charge in [-0.3, -0.25) is 4.79 Å². The first kappa shape index (κ1) is 14.0. The van der Waals surface area contributed by atoms with Crippen LogP contribution in [-0.4, -0.2) is 12.9 Å². The second kappa shape index (κ2) is 5.08. The Labute approximate surface area is 105 Å². The summed E-state index contributed by atoms with van der Waals surface area (Å²) >= 11 is 3.00. The van der Waals surface area contributed by atoms with Crippen molar-refractivity contribution in [1.82, 2.24) is 0 Å². The molecule has 0 aliphatic rings. The Morgan fingerprint density at radius 2 is 2.00 bits per heavy atom. The summed E-state index contributed by atoms with van der Waals surface area (Å²) in [5.41, 5.74) is -0.580. The van der Waals surface area contributed by atoms with Gasteiger partial charge in [-0.25, -0.2) is 0 Å². The molecule has 0 N–H and O–H groups in total. The van der Waals surface area contributed by atoms with Crippen LogP contribution in [0.25, 0.3) is 0 Å². The largest absolute Gasteiger partial charge is 0.495 e. The van der Waals surface area contributed by atoms with Gasteiger partial charge >= 0.3 is 6.18 Å². The van der Waals surface area contributed by atoms with Gasteiger partial charge in [-0.15, -0.1) is 0 Å². The maximum atomic E-state index is 12.6. The molecule has 2 nitrogen and oxygen atoms in total. The molecule has 0 radical (unpaired) electrons. The zero-order chi connectivity index (χ0) is 13.2. The Balaban J connectivity index is 3.33. The number of carbonyl (C=O) groups is 1. The highest BCUT2D eigenvalue weighted by molar-refractivity contribution is 9.10. The van der Waals surface area contributed by atoms with E-state index >= 15 is 0 Å². The van der Waals surface area contributed by atoms with Crippen LogP contribution in [0.3, 0.4) is 0 Å². The van der Waals surface area contributed by atoms with E-state index in [0.29, 0.717) is 0 Å². The van der Waals surface area contributed by atoms with Crippen molar-refractivity contribution in [3.63, 3.8) is 0 Å². The van der Waals surface area contributed by atoms with Gasteiger partial charge in [0.1, 0.15) is 11.5 Å². The predicted molar refractivity (Wildman–Crippen MR) is 60.1 cm³/mol. The number of alkyl halides is 3. The Hall–Kier alpha value is -1.04. The van der Waals surface area contributed by atoms with Crippen molar-refractivity contribution >= 4 is 21.7 Å². The molecule has 0 bridgehead atoms. The lowest BCUT2D eigenvalue weighted by Crippen LogP contribution is -2.08. The van der Waals surface area contributed by atoms with Gasteiger partial charge in [0, 0.05) is 12.0 Å². The van der Waals surface area contributed by atoms with E-state index in [9.17, 15) is 18.0 Å². The van der Waals surface area contributed by atoms with E-state index in [4.69, 9.17) is 4.74 Å². The van der Waals surface area contributed by atoms with Gasteiger partial charge in [0.05, 0.1) is 17.1 Å². The highest BCUT2D eigenvalue weighted by Crippen LogP contribution is 2.37.